The summed E-state index contributed by atoms with van der Waals surface area (Å²) in [5.41, 5.74) is -2.05. The van der Waals surface area contributed by atoms with E-state index >= 15 is 0 Å². The highest BCUT2D eigenvalue weighted by molar-refractivity contribution is 6.30. The first kappa shape index (κ1) is 16.3. The monoisotopic (exact) mass is 466 g/mol. The van der Waals surface area contributed by atoms with E-state index in [9.17, 15) is 28.0 Å². The van der Waals surface area contributed by atoms with Gasteiger partial charge in [-0.1, -0.05) is 35.8 Å². The second kappa shape index (κ2) is 8.31. The molecule has 2 aromatic rings. The summed E-state index contributed by atoms with van der Waals surface area (Å²) >= 11 is 5.68. The predicted molar refractivity (Wildman–Crippen MR) is 110 cm³/mol. The van der Waals surface area contributed by atoms with Gasteiger partial charge in [0.25, 0.3) is 11.8 Å². The number of benzene rings is 2. The molecule has 7 nitrogen and oxygen atoms in total. The molecule has 32 heavy (non-hydrogen) atoms. The average Bonchev–Trinajstić information content (AvgIpc) is 3.09. The first-order valence-electron chi connectivity index (χ1n) is 11.9. The van der Waals surface area contributed by atoms with Crippen LogP contribution in [0.1, 0.15) is 45.4 Å². The Bertz CT molecular complexity index is 1330. The third kappa shape index (κ3) is 4.08. The molecule has 0 aromatic heterocycles. The van der Waals surface area contributed by atoms with Gasteiger partial charge in [0, 0.05) is 35.6 Å². The molecule has 2 aliphatic heterocycles. The van der Waals surface area contributed by atoms with Crippen LogP contribution >= 0.6 is 11.6 Å². The van der Waals surface area contributed by atoms with Gasteiger partial charge in [-0.2, -0.15) is 8.78 Å². The minimum atomic E-state index is -4.31. The summed E-state index contributed by atoms with van der Waals surface area (Å²) in [6.45, 7) is -4.93. The van der Waals surface area contributed by atoms with Crippen LogP contribution in [-0.4, -0.2) is 34.6 Å². The number of hydrogen-bond donors (Lipinski definition) is 2. The minimum Gasteiger partial charge on any atom is -0.346 e. The van der Waals surface area contributed by atoms with E-state index in [-0.39, 0.29) is 29.0 Å². The van der Waals surface area contributed by atoms with Gasteiger partial charge in [-0.15, -0.1) is 0 Å². The maximum absolute atomic E-state index is 14.8. The summed E-state index contributed by atoms with van der Waals surface area (Å²) in [6.07, 6.45) is -0.141. The van der Waals surface area contributed by atoms with Gasteiger partial charge in [0.2, 0.25) is 11.8 Å². The van der Waals surface area contributed by atoms with Gasteiger partial charge in [-0.25, -0.2) is 0 Å². The number of nitrogens with zero attached hydrogens (tertiary/aromatic N) is 1. The lowest BCUT2D eigenvalue weighted by Crippen LogP contribution is -2.52. The Kier molecular flexibility index (Phi) is 4.24. The van der Waals surface area contributed by atoms with E-state index in [0.29, 0.717) is 0 Å². The number of imide groups is 1. The standard InChI is InChI=1S/C22H18ClF2N3O4/c23-15-4-2-14(3-5-15)22(24,25)21(32)26-10-12-1-6-16-13(9-12)11-28(20(16)31)17-7-8-18(29)27-19(17)30/h1-6,9,17H,7-8,10-11H2,(H,26,32)(H,27,29,30)/i9D,10D2,11D/hD. The summed E-state index contributed by atoms with van der Waals surface area (Å²) in [5, 5.41) is 1.60. The molecular formula is C22H18ClF2N3O4. The Morgan fingerprint density at radius 2 is 2.03 bits per heavy atom. The van der Waals surface area contributed by atoms with E-state index in [1.54, 1.807) is 0 Å². The van der Waals surface area contributed by atoms with Gasteiger partial charge in [0.05, 0.1) is 5.48 Å². The fourth-order valence-electron chi connectivity index (χ4n) is 3.34. The Morgan fingerprint density at radius 1 is 1.31 bits per heavy atom. The van der Waals surface area contributed by atoms with E-state index in [2.05, 4.69) is 5.32 Å². The molecule has 10 heteroatoms. The molecule has 0 saturated carbocycles. The molecular weight excluding hydrogens is 444 g/mol. The van der Waals surface area contributed by atoms with Crippen LogP contribution in [-0.2, 0) is 33.3 Å². The highest BCUT2D eigenvalue weighted by Gasteiger charge is 2.41. The number of piperidine rings is 1. The summed E-state index contributed by atoms with van der Waals surface area (Å²) in [4.78, 5) is 50.1. The Balaban J connectivity index is 1.67. The zero-order valence-electron chi connectivity index (χ0n) is 21.2. The maximum atomic E-state index is 14.8. The summed E-state index contributed by atoms with van der Waals surface area (Å²) in [7, 11) is 0. The molecule has 0 spiro atoms. The van der Waals surface area contributed by atoms with Crippen LogP contribution < -0.4 is 10.6 Å². The molecule has 4 amide bonds. The predicted octanol–water partition coefficient (Wildman–Crippen LogP) is 2.51. The third-order valence-corrected chi connectivity index (χ3v) is 5.26. The van der Waals surface area contributed by atoms with Crippen LogP contribution in [0.2, 0.25) is 6.43 Å². The molecule has 0 aliphatic carbocycles. The molecule has 0 radical (unpaired) electrons. The van der Waals surface area contributed by atoms with Crippen molar-refractivity contribution in [3.63, 3.8) is 0 Å². The Hall–Kier alpha value is -3.33. The van der Waals surface area contributed by atoms with Crippen molar-refractivity contribution in [2.75, 3.05) is 0 Å². The normalized spacial score (nSPS) is 23.4. The lowest BCUT2D eigenvalue weighted by Gasteiger charge is -2.29. The number of hydrogen-bond acceptors (Lipinski definition) is 4. The van der Waals surface area contributed by atoms with E-state index in [0.717, 1.165) is 41.3 Å². The highest BCUT2D eigenvalue weighted by atomic mass is 35.5. The number of rotatable bonds is 5. The van der Waals surface area contributed by atoms with Crippen LogP contribution in [0.15, 0.2) is 42.4 Å². The molecule has 2 aromatic carbocycles. The van der Waals surface area contributed by atoms with Crippen LogP contribution in [0.5, 0.6) is 0 Å². The van der Waals surface area contributed by atoms with Crippen LogP contribution in [0.25, 0.3) is 0 Å². The van der Waals surface area contributed by atoms with Crippen LogP contribution in [0, 0.1) is 0 Å². The fourth-order valence-corrected chi connectivity index (χ4v) is 3.47. The van der Waals surface area contributed by atoms with Crippen molar-refractivity contribution in [1.82, 2.24) is 15.5 Å². The van der Waals surface area contributed by atoms with Crippen LogP contribution in [0.4, 0.5) is 8.78 Å². The van der Waals surface area contributed by atoms with Crippen molar-refractivity contribution < 1.29 is 34.9 Å². The lowest BCUT2D eigenvalue weighted by atomic mass is 10.0. The van der Waals surface area contributed by atoms with Crippen molar-refractivity contribution in [3.05, 3.63) is 69.7 Å². The summed E-state index contributed by atoms with van der Waals surface area (Å²) in [6, 6.07) is 3.91. The quantitative estimate of drug-likeness (QED) is 0.662. The van der Waals surface area contributed by atoms with Crippen molar-refractivity contribution in [2.24, 2.45) is 0 Å². The zero-order valence-corrected chi connectivity index (χ0v) is 17.0. The number of amides is 4. The zero-order chi connectivity index (χ0) is 27.4. The number of halogens is 3. The summed E-state index contributed by atoms with van der Waals surface area (Å²) in [5.74, 6) is -8.68. The van der Waals surface area contributed by atoms with E-state index in [4.69, 9.17) is 18.5 Å². The molecule has 1 fully saturated rings. The van der Waals surface area contributed by atoms with Gasteiger partial charge in [-0.3, -0.25) is 24.5 Å². The molecule has 2 heterocycles. The van der Waals surface area contributed by atoms with Crippen molar-refractivity contribution in [2.45, 2.75) is 37.8 Å². The Morgan fingerprint density at radius 3 is 2.72 bits per heavy atom. The van der Waals surface area contributed by atoms with Gasteiger partial charge in [0.1, 0.15) is 6.04 Å². The number of carbonyl (C=O) groups is 4. The molecule has 1 saturated heterocycles. The van der Waals surface area contributed by atoms with Crippen molar-refractivity contribution >= 4 is 35.2 Å². The molecule has 2 aliphatic rings. The molecule has 2 atom stereocenters. The minimum absolute atomic E-state index is 0.0599. The lowest BCUT2D eigenvalue weighted by molar-refractivity contribution is -0.147. The van der Waals surface area contributed by atoms with E-state index < -0.39 is 71.1 Å². The fraction of sp³-hybridized carbons (Fsp3) is 0.273. The largest absolute Gasteiger partial charge is 0.349 e. The molecule has 0 bridgehead atoms. The molecule has 2 unspecified atom stereocenters. The van der Waals surface area contributed by atoms with E-state index in [1.165, 1.54) is 0 Å². The molecule has 4 rings (SSSR count). The second-order valence-corrected chi connectivity index (χ2v) is 7.55. The SMILES string of the molecule is [2H]c1c(C([2H])([2H])N([2H])C(=O)C(F)(F)c2ccc(Cl)cc2)ccc2c1C([2H])N(C1CCC(=O)NC1=O)C2=O. The highest BCUT2D eigenvalue weighted by Crippen LogP contribution is 2.30. The van der Waals surface area contributed by atoms with E-state index in [1.807, 2.05) is 0 Å². The topological polar surface area (TPSA) is 95.6 Å². The molecule has 166 valence electrons. The Labute approximate surface area is 193 Å². The molecule has 2 N–H and O–H groups in total. The van der Waals surface area contributed by atoms with Gasteiger partial charge in [0.15, 0.2) is 1.41 Å². The number of alkyl halides is 2. The first-order valence-corrected chi connectivity index (χ1v) is 9.77. The summed E-state index contributed by atoms with van der Waals surface area (Å²) < 4.78 is 71.0. The van der Waals surface area contributed by atoms with Crippen LogP contribution in [0.3, 0.4) is 0 Å². The maximum Gasteiger partial charge on any atom is 0.349 e. The van der Waals surface area contributed by atoms with Crippen molar-refractivity contribution in [1.29, 1.82) is 0 Å². The van der Waals surface area contributed by atoms with Gasteiger partial charge < -0.3 is 10.2 Å². The average molecular weight is 467 g/mol. The smallest absolute Gasteiger partial charge is 0.346 e. The van der Waals surface area contributed by atoms with Gasteiger partial charge >= 0.3 is 5.92 Å². The number of fused-ring (bicyclic) bond motifs is 1. The number of carbonyl (C=O) groups excluding carboxylic acids is 4. The first-order chi connectivity index (χ1) is 17.2. The van der Waals surface area contributed by atoms with Gasteiger partial charge in [-0.05, 0) is 35.7 Å². The second-order valence-electron chi connectivity index (χ2n) is 7.12. The third-order valence-electron chi connectivity index (χ3n) is 5.01. The number of nitrogens with one attached hydrogen (secondary N) is 2. The van der Waals surface area contributed by atoms with Crippen molar-refractivity contribution in [3.8, 4) is 0 Å².